The molecule has 4 nitrogen and oxygen atoms in total. The topological polar surface area (TPSA) is 41.6 Å². The summed E-state index contributed by atoms with van der Waals surface area (Å²) in [5.74, 6) is 0.489. The van der Waals surface area contributed by atoms with Crippen LogP contribution in [0.15, 0.2) is 24.3 Å². The van der Waals surface area contributed by atoms with Crippen LogP contribution in [0.4, 0.5) is 5.69 Å². The van der Waals surface area contributed by atoms with Gasteiger partial charge in [-0.3, -0.25) is 4.79 Å². The number of rotatable bonds is 6. The molecule has 20 heavy (non-hydrogen) atoms. The summed E-state index contributed by atoms with van der Waals surface area (Å²) in [5.41, 5.74) is 2.43. The van der Waals surface area contributed by atoms with Crippen molar-refractivity contribution in [1.82, 2.24) is 4.90 Å². The average Bonchev–Trinajstić information content (AvgIpc) is 2.82. The third-order valence-electron chi connectivity index (χ3n) is 3.84. The lowest BCUT2D eigenvalue weighted by Crippen LogP contribution is -2.40. The Labute approximate surface area is 121 Å². The summed E-state index contributed by atoms with van der Waals surface area (Å²) >= 11 is 0. The Bertz CT molecular complexity index is 460. The quantitative estimate of drug-likeness (QED) is 0.868. The SMILES string of the molecule is COCCN(C(=O)CC1CNc2ccccc21)C(C)C. The van der Waals surface area contributed by atoms with E-state index < -0.39 is 0 Å². The van der Waals surface area contributed by atoms with Crippen LogP contribution in [-0.4, -0.2) is 43.7 Å². The van der Waals surface area contributed by atoms with Gasteiger partial charge in [-0.15, -0.1) is 0 Å². The fourth-order valence-corrected chi connectivity index (χ4v) is 2.73. The summed E-state index contributed by atoms with van der Waals surface area (Å²) in [6.07, 6.45) is 0.561. The van der Waals surface area contributed by atoms with Crippen molar-refractivity contribution in [3.8, 4) is 0 Å². The molecular formula is C16H24N2O2. The maximum Gasteiger partial charge on any atom is 0.223 e. The molecule has 1 aromatic rings. The van der Waals surface area contributed by atoms with Gasteiger partial charge in [-0.1, -0.05) is 18.2 Å². The van der Waals surface area contributed by atoms with Gasteiger partial charge in [0.15, 0.2) is 0 Å². The zero-order chi connectivity index (χ0) is 14.5. The van der Waals surface area contributed by atoms with Crippen molar-refractivity contribution < 1.29 is 9.53 Å². The van der Waals surface area contributed by atoms with E-state index in [0.29, 0.717) is 19.6 Å². The molecule has 1 N–H and O–H groups in total. The number of carbonyl (C=O) groups is 1. The molecule has 1 unspecified atom stereocenters. The normalized spacial score (nSPS) is 16.9. The van der Waals surface area contributed by atoms with Crippen LogP contribution in [0.5, 0.6) is 0 Å². The Morgan fingerprint density at radius 2 is 2.20 bits per heavy atom. The van der Waals surface area contributed by atoms with Crippen molar-refractivity contribution in [3.05, 3.63) is 29.8 Å². The van der Waals surface area contributed by atoms with Crippen molar-refractivity contribution in [1.29, 1.82) is 0 Å². The first-order valence-electron chi connectivity index (χ1n) is 7.24. The fraction of sp³-hybridized carbons (Fsp3) is 0.562. The zero-order valence-electron chi connectivity index (χ0n) is 12.6. The van der Waals surface area contributed by atoms with Gasteiger partial charge in [-0.05, 0) is 25.5 Å². The number of para-hydroxylation sites is 1. The Hall–Kier alpha value is -1.55. The molecule has 0 saturated heterocycles. The highest BCUT2D eigenvalue weighted by Crippen LogP contribution is 2.33. The van der Waals surface area contributed by atoms with Crippen LogP contribution in [0.2, 0.25) is 0 Å². The van der Waals surface area contributed by atoms with Gasteiger partial charge in [0.2, 0.25) is 5.91 Å². The summed E-state index contributed by atoms with van der Waals surface area (Å²) in [5, 5.41) is 3.37. The van der Waals surface area contributed by atoms with Crippen LogP contribution in [-0.2, 0) is 9.53 Å². The molecule has 1 aliphatic rings. The molecule has 1 aliphatic heterocycles. The van der Waals surface area contributed by atoms with E-state index in [4.69, 9.17) is 4.74 Å². The minimum atomic E-state index is 0.209. The molecule has 1 aromatic carbocycles. The molecule has 0 bridgehead atoms. The molecule has 110 valence electrons. The van der Waals surface area contributed by atoms with Gasteiger partial charge in [0.05, 0.1) is 6.61 Å². The number of nitrogens with one attached hydrogen (secondary N) is 1. The smallest absolute Gasteiger partial charge is 0.223 e. The lowest BCUT2D eigenvalue weighted by Gasteiger charge is -2.27. The van der Waals surface area contributed by atoms with Gasteiger partial charge >= 0.3 is 0 Å². The Morgan fingerprint density at radius 1 is 1.45 bits per heavy atom. The number of carbonyl (C=O) groups excluding carboxylic acids is 1. The van der Waals surface area contributed by atoms with Crippen LogP contribution in [0.1, 0.15) is 31.7 Å². The van der Waals surface area contributed by atoms with Crippen LogP contribution < -0.4 is 5.32 Å². The van der Waals surface area contributed by atoms with Gasteiger partial charge in [0, 0.05) is 44.3 Å². The number of hydrogen-bond acceptors (Lipinski definition) is 3. The largest absolute Gasteiger partial charge is 0.384 e. The lowest BCUT2D eigenvalue weighted by molar-refractivity contribution is -0.133. The Kier molecular flexibility index (Phi) is 5.01. The van der Waals surface area contributed by atoms with Crippen LogP contribution in [0.3, 0.4) is 0 Å². The second-order valence-electron chi connectivity index (χ2n) is 5.54. The Morgan fingerprint density at radius 3 is 2.90 bits per heavy atom. The molecular weight excluding hydrogens is 252 g/mol. The lowest BCUT2D eigenvalue weighted by atomic mass is 9.97. The van der Waals surface area contributed by atoms with Gasteiger partial charge in [0.1, 0.15) is 0 Å². The molecule has 0 aliphatic carbocycles. The molecule has 0 fully saturated rings. The third-order valence-corrected chi connectivity index (χ3v) is 3.84. The summed E-state index contributed by atoms with van der Waals surface area (Å²) in [6, 6.07) is 8.46. The molecule has 0 spiro atoms. The maximum absolute atomic E-state index is 12.5. The molecule has 2 rings (SSSR count). The number of benzene rings is 1. The van der Waals surface area contributed by atoms with Gasteiger partial charge < -0.3 is 15.0 Å². The van der Waals surface area contributed by atoms with Crippen molar-refractivity contribution in [3.63, 3.8) is 0 Å². The minimum Gasteiger partial charge on any atom is -0.384 e. The highest BCUT2D eigenvalue weighted by molar-refractivity contribution is 5.78. The molecule has 0 aromatic heterocycles. The van der Waals surface area contributed by atoms with E-state index in [0.717, 1.165) is 6.54 Å². The van der Waals surface area contributed by atoms with Crippen molar-refractivity contribution in [2.75, 3.05) is 32.1 Å². The molecule has 4 heteroatoms. The summed E-state index contributed by atoms with van der Waals surface area (Å²) < 4.78 is 5.09. The van der Waals surface area contributed by atoms with E-state index in [2.05, 4.69) is 31.3 Å². The summed E-state index contributed by atoms with van der Waals surface area (Å²) in [4.78, 5) is 14.4. The average molecular weight is 276 g/mol. The van der Waals surface area contributed by atoms with Gasteiger partial charge in [0.25, 0.3) is 0 Å². The Balaban J connectivity index is 2.00. The highest BCUT2D eigenvalue weighted by atomic mass is 16.5. The molecule has 1 amide bonds. The van der Waals surface area contributed by atoms with E-state index in [9.17, 15) is 4.79 Å². The first-order valence-corrected chi connectivity index (χ1v) is 7.24. The fourth-order valence-electron chi connectivity index (χ4n) is 2.73. The third kappa shape index (κ3) is 3.31. The van der Waals surface area contributed by atoms with E-state index >= 15 is 0 Å². The molecule has 1 atom stereocenters. The van der Waals surface area contributed by atoms with E-state index in [1.165, 1.54) is 11.3 Å². The molecule has 0 saturated carbocycles. The predicted molar refractivity (Wildman–Crippen MR) is 81.0 cm³/mol. The first-order chi connectivity index (χ1) is 9.63. The zero-order valence-corrected chi connectivity index (χ0v) is 12.6. The number of fused-ring (bicyclic) bond motifs is 1. The first kappa shape index (κ1) is 14.9. The number of nitrogens with zero attached hydrogens (tertiary/aromatic N) is 1. The van der Waals surface area contributed by atoms with Crippen LogP contribution in [0.25, 0.3) is 0 Å². The second kappa shape index (κ2) is 6.75. The van der Waals surface area contributed by atoms with Crippen LogP contribution in [0, 0.1) is 0 Å². The van der Waals surface area contributed by atoms with Crippen molar-refractivity contribution in [2.45, 2.75) is 32.2 Å². The minimum absolute atomic E-state index is 0.209. The molecule has 1 heterocycles. The monoisotopic (exact) mass is 276 g/mol. The summed E-state index contributed by atoms with van der Waals surface area (Å²) in [6.45, 7) is 6.20. The van der Waals surface area contributed by atoms with Gasteiger partial charge in [-0.2, -0.15) is 0 Å². The van der Waals surface area contributed by atoms with E-state index in [-0.39, 0.29) is 17.9 Å². The summed E-state index contributed by atoms with van der Waals surface area (Å²) in [7, 11) is 1.67. The number of ether oxygens (including phenoxy) is 1. The van der Waals surface area contributed by atoms with E-state index in [1.807, 2.05) is 17.0 Å². The molecule has 0 radical (unpaired) electrons. The highest BCUT2D eigenvalue weighted by Gasteiger charge is 2.26. The maximum atomic E-state index is 12.5. The number of methoxy groups -OCH3 is 1. The van der Waals surface area contributed by atoms with Crippen molar-refractivity contribution in [2.24, 2.45) is 0 Å². The second-order valence-corrected chi connectivity index (χ2v) is 5.54. The van der Waals surface area contributed by atoms with Crippen molar-refractivity contribution >= 4 is 11.6 Å². The standard InChI is InChI=1S/C16H24N2O2/c1-12(2)18(8-9-20-3)16(19)10-13-11-17-15-7-5-4-6-14(13)15/h4-7,12-13,17H,8-11H2,1-3H3. The van der Waals surface area contributed by atoms with Gasteiger partial charge in [-0.25, -0.2) is 0 Å². The van der Waals surface area contributed by atoms with Crippen LogP contribution >= 0.6 is 0 Å². The number of amides is 1. The predicted octanol–water partition coefficient (Wildman–Crippen LogP) is 2.47. The number of anilines is 1. The number of hydrogen-bond donors (Lipinski definition) is 1. The van der Waals surface area contributed by atoms with E-state index in [1.54, 1.807) is 7.11 Å².